The van der Waals surface area contributed by atoms with Crippen molar-refractivity contribution in [2.45, 2.75) is 6.54 Å². The molecule has 1 aromatic heterocycles. The molecule has 1 heterocycles. The van der Waals surface area contributed by atoms with Gasteiger partial charge in [0, 0.05) is 0 Å². The third kappa shape index (κ3) is 1.41. The maximum absolute atomic E-state index is 11.7. The lowest BCUT2D eigenvalue weighted by Crippen LogP contribution is -1.96. The van der Waals surface area contributed by atoms with Gasteiger partial charge in [0.2, 0.25) is 0 Å². The molecule has 0 aromatic carbocycles. The zero-order valence-electron chi connectivity index (χ0n) is 5.02. The lowest BCUT2D eigenvalue weighted by atomic mass is 10.7. The summed E-state index contributed by atoms with van der Waals surface area (Å²) in [5, 5.41) is 0.509. The minimum atomic E-state index is -0.466. The predicted octanol–water partition coefficient (Wildman–Crippen LogP) is 2.16. The van der Waals surface area contributed by atoms with Gasteiger partial charge in [0.05, 0.1) is 12.9 Å². The fraction of sp³-hybridized carbons (Fsp3) is 0.400. The lowest BCUT2D eigenvalue weighted by Gasteiger charge is -1.96. The first-order valence-electron chi connectivity index (χ1n) is 2.68. The van der Waals surface area contributed by atoms with Crippen LogP contribution in [0.1, 0.15) is 0 Å². The fourth-order valence-electron chi connectivity index (χ4n) is 0.590. The number of halogens is 3. The summed E-state index contributed by atoms with van der Waals surface area (Å²) in [6.07, 6.45) is 1.41. The van der Waals surface area contributed by atoms with E-state index in [1.807, 2.05) is 0 Å². The molecule has 56 valence electrons. The molecular formula is C5H5Cl2FN2. The SMILES string of the molecule is FCCn1cnc(Cl)c1Cl. The molecule has 0 saturated carbocycles. The smallest absolute Gasteiger partial charge is 0.166 e. The van der Waals surface area contributed by atoms with Crippen LogP contribution in [0.5, 0.6) is 0 Å². The molecule has 0 amide bonds. The highest BCUT2D eigenvalue weighted by Gasteiger charge is 2.03. The van der Waals surface area contributed by atoms with Crippen molar-refractivity contribution < 1.29 is 4.39 Å². The number of hydrogen-bond acceptors (Lipinski definition) is 1. The molecule has 1 aromatic rings. The van der Waals surface area contributed by atoms with Gasteiger partial charge in [-0.05, 0) is 0 Å². The minimum Gasteiger partial charge on any atom is -0.318 e. The van der Waals surface area contributed by atoms with E-state index in [1.54, 1.807) is 0 Å². The van der Waals surface area contributed by atoms with E-state index in [-0.39, 0.29) is 11.7 Å². The highest BCUT2D eigenvalue weighted by atomic mass is 35.5. The van der Waals surface area contributed by atoms with Crippen LogP contribution in [0.3, 0.4) is 0 Å². The topological polar surface area (TPSA) is 17.8 Å². The van der Waals surface area contributed by atoms with E-state index in [0.29, 0.717) is 5.15 Å². The highest BCUT2D eigenvalue weighted by Crippen LogP contribution is 2.18. The van der Waals surface area contributed by atoms with E-state index in [1.165, 1.54) is 10.9 Å². The monoisotopic (exact) mass is 182 g/mol. The fourth-order valence-corrected chi connectivity index (χ4v) is 0.919. The van der Waals surface area contributed by atoms with Gasteiger partial charge in [-0.1, -0.05) is 23.2 Å². The Balaban J connectivity index is 2.83. The number of alkyl halides is 1. The van der Waals surface area contributed by atoms with Crippen LogP contribution in [0.4, 0.5) is 4.39 Å². The average Bonchev–Trinajstić information content (AvgIpc) is 2.20. The van der Waals surface area contributed by atoms with Crippen molar-refractivity contribution in [3.8, 4) is 0 Å². The van der Waals surface area contributed by atoms with Gasteiger partial charge in [-0.2, -0.15) is 0 Å². The third-order valence-corrected chi connectivity index (χ3v) is 1.83. The molecule has 0 unspecified atom stereocenters. The molecule has 0 aliphatic heterocycles. The zero-order chi connectivity index (χ0) is 7.56. The number of rotatable bonds is 2. The van der Waals surface area contributed by atoms with Crippen LogP contribution >= 0.6 is 23.2 Å². The Hall–Kier alpha value is -0.280. The normalized spacial score (nSPS) is 10.3. The van der Waals surface area contributed by atoms with Gasteiger partial charge in [0.15, 0.2) is 5.15 Å². The molecule has 0 spiro atoms. The Morgan fingerprint density at radius 1 is 1.60 bits per heavy atom. The van der Waals surface area contributed by atoms with Crippen molar-refractivity contribution in [2.75, 3.05) is 6.67 Å². The molecule has 0 N–H and O–H groups in total. The van der Waals surface area contributed by atoms with Crippen LogP contribution in [-0.4, -0.2) is 16.2 Å². The Morgan fingerprint density at radius 3 is 2.70 bits per heavy atom. The summed E-state index contributed by atoms with van der Waals surface area (Å²) < 4.78 is 13.2. The van der Waals surface area contributed by atoms with Gasteiger partial charge >= 0.3 is 0 Å². The van der Waals surface area contributed by atoms with E-state index in [0.717, 1.165) is 0 Å². The van der Waals surface area contributed by atoms with Crippen LogP contribution in [0.15, 0.2) is 6.33 Å². The molecule has 5 heteroatoms. The second-order valence-electron chi connectivity index (χ2n) is 1.71. The second-order valence-corrected chi connectivity index (χ2v) is 2.42. The maximum Gasteiger partial charge on any atom is 0.166 e. The van der Waals surface area contributed by atoms with Crippen molar-refractivity contribution in [3.63, 3.8) is 0 Å². The molecular weight excluding hydrogens is 178 g/mol. The first-order chi connectivity index (χ1) is 4.75. The Labute approximate surface area is 67.6 Å². The molecule has 10 heavy (non-hydrogen) atoms. The summed E-state index contributed by atoms with van der Waals surface area (Å²) in [5.74, 6) is 0. The van der Waals surface area contributed by atoms with Crippen LogP contribution in [-0.2, 0) is 6.54 Å². The van der Waals surface area contributed by atoms with Gasteiger partial charge in [0.1, 0.15) is 11.8 Å². The third-order valence-electron chi connectivity index (χ3n) is 1.06. The van der Waals surface area contributed by atoms with Crippen LogP contribution in [0.25, 0.3) is 0 Å². The molecule has 2 nitrogen and oxygen atoms in total. The molecule has 0 saturated heterocycles. The van der Waals surface area contributed by atoms with Gasteiger partial charge in [-0.15, -0.1) is 0 Å². The number of aromatic nitrogens is 2. The number of hydrogen-bond donors (Lipinski definition) is 0. The predicted molar refractivity (Wildman–Crippen MR) is 38.2 cm³/mol. The first kappa shape index (κ1) is 7.82. The molecule has 0 radical (unpaired) electrons. The maximum atomic E-state index is 11.7. The lowest BCUT2D eigenvalue weighted by molar-refractivity contribution is 0.446. The molecule has 1 rings (SSSR count). The second kappa shape index (κ2) is 3.21. The quantitative estimate of drug-likeness (QED) is 0.686. The minimum absolute atomic E-state index is 0.207. The van der Waals surface area contributed by atoms with E-state index < -0.39 is 6.67 Å². The van der Waals surface area contributed by atoms with Gasteiger partial charge in [-0.3, -0.25) is 0 Å². The molecule has 0 aliphatic carbocycles. The Morgan fingerprint density at radius 2 is 2.30 bits per heavy atom. The van der Waals surface area contributed by atoms with Crippen molar-refractivity contribution in [1.82, 2.24) is 9.55 Å². The molecule has 0 atom stereocenters. The number of nitrogens with zero attached hydrogens (tertiary/aromatic N) is 2. The summed E-state index contributed by atoms with van der Waals surface area (Å²) >= 11 is 11.1. The van der Waals surface area contributed by atoms with E-state index in [4.69, 9.17) is 23.2 Å². The summed E-state index contributed by atoms with van der Waals surface area (Å²) in [5.41, 5.74) is 0. The van der Waals surface area contributed by atoms with Crippen molar-refractivity contribution >= 4 is 23.2 Å². The first-order valence-corrected chi connectivity index (χ1v) is 3.43. The van der Waals surface area contributed by atoms with Crippen LogP contribution < -0.4 is 0 Å². The number of aryl methyl sites for hydroxylation is 1. The van der Waals surface area contributed by atoms with E-state index >= 15 is 0 Å². The van der Waals surface area contributed by atoms with Crippen molar-refractivity contribution in [3.05, 3.63) is 16.6 Å². The average molecular weight is 183 g/mol. The summed E-state index contributed by atoms with van der Waals surface area (Å²) in [6.45, 7) is -0.259. The van der Waals surface area contributed by atoms with Crippen molar-refractivity contribution in [1.29, 1.82) is 0 Å². The van der Waals surface area contributed by atoms with Gasteiger partial charge in [0.25, 0.3) is 0 Å². The molecule has 0 bridgehead atoms. The van der Waals surface area contributed by atoms with Crippen molar-refractivity contribution in [2.24, 2.45) is 0 Å². The Bertz CT molecular complexity index is 223. The van der Waals surface area contributed by atoms with Gasteiger partial charge in [-0.25, -0.2) is 9.37 Å². The summed E-state index contributed by atoms with van der Waals surface area (Å²) in [6, 6.07) is 0. The largest absolute Gasteiger partial charge is 0.318 e. The molecule has 0 aliphatic rings. The Kier molecular flexibility index (Phi) is 2.51. The highest BCUT2D eigenvalue weighted by molar-refractivity contribution is 6.40. The zero-order valence-corrected chi connectivity index (χ0v) is 6.53. The van der Waals surface area contributed by atoms with Crippen LogP contribution in [0.2, 0.25) is 10.3 Å². The van der Waals surface area contributed by atoms with E-state index in [9.17, 15) is 4.39 Å². The standard InChI is InChI=1S/C5H5Cl2FN2/c6-4-5(7)10(2-1-8)3-9-4/h3H,1-2H2. The molecule has 0 fully saturated rings. The van der Waals surface area contributed by atoms with E-state index in [2.05, 4.69) is 4.98 Å². The summed E-state index contributed by atoms with van der Waals surface area (Å²) in [7, 11) is 0. The number of imidazole rings is 1. The summed E-state index contributed by atoms with van der Waals surface area (Å²) in [4.78, 5) is 3.66. The van der Waals surface area contributed by atoms with Gasteiger partial charge < -0.3 is 4.57 Å². The van der Waals surface area contributed by atoms with Crippen LogP contribution in [0, 0.1) is 0 Å².